The van der Waals surface area contributed by atoms with Crippen molar-refractivity contribution in [1.29, 1.82) is 0 Å². The highest BCUT2D eigenvalue weighted by molar-refractivity contribution is 5.79. The van der Waals surface area contributed by atoms with Crippen molar-refractivity contribution in [1.82, 2.24) is 20.4 Å². The Morgan fingerprint density at radius 2 is 1.82 bits per heavy atom. The van der Waals surface area contributed by atoms with Crippen LogP contribution >= 0.6 is 0 Å². The number of rotatable bonds is 6. The highest BCUT2D eigenvalue weighted by Gasteiger charge is 2.27. The number of aliphatic imine (C=N–C) groups is 1. The topological polar surface area (TPSA) is 69.2 Å². The van der Waals surface area contributed by atoms with Gasteiger partial charge in [0, 0.05) is 38.8 Å². The van der Waals surface area contributed by atoms with Crippen molar-refractivity contribution in [3.05, 3.63) is 0 Å². The van der Waals surface area contributed by atoms with Crippen LogP contribution in [0.4, 0.5) is 4.79 Å². The van der Waals surface area contributed by atoms with Gasteiger partial charge in [-0.25, -0.2) is 4.79 Å². The van der Waals surface area contributed by atoms with Gasteiger partial charge in [-0.3, -0.25) is 9.89 Å². The lowest BCUT2D eigenvalue weighted by Gasteiger charge is -2.33. The first kappa shape index (κ1) is 22.8. The molecule has 2 fully saturated rings. The molecule has 0 spiro atoms. The standard InChI is InChI=1S/C21H41N5O2/c1-6-22-19(24-16-18-9-8-12-25(18)7-2)23-15-17-10-13-26(14-11-17)20(27)28-21(3,4)5/h17-18H,6-16H2,1-5H3,(H2,22,23,24). The van der Waals surface area contributed by atoms with Crippen molar-refractivity contribution in [2.75, 3.05) is 45.8 Å². The van der Waals surface area contributed by atoms with E-state index in [1.54, 1.807) is 0 Å². The highest BCUT2D eigenvalue weighted by Crippen LogP contribution is 2.20. The van der Waals surface area contributed by atoms with Gasteiger partial charge in [0.15, 0.2) is 5.96 Å². The van der Waals surface area contributed by atoms with Gasteiger partial charge in [-0.1, -0.05) is 6.92 Å². The second kappa shape index (κ2) is 10.9. The molecule has 0 aromatic rings. The van der Waals surface area contributed by atoms with Crippen molar-refractivity contribution in [2.45, 2.75) is 71.9 Å². The number of carbonyl (C=O) groups is 1. The SMILES string of the molecule is CCNC(=NCC1CCN(C(=O)OC(C)(C)C)CC1)NCC1CCCN1CC. The van der Waals surface area contributed by atoms with Gasteiger partial charge in [-0.05, 0) is 72.4 Å². The van der Waals surface area contributed by atoms with Crippen molar-refractivity contribution in [3.8, 4) is 0 Å². The van der Waals surface area contributed by atoms with Gasteiger partial charge in [0.05, 0.1) is 0 Å². The third kappa shape index (κ3) is 7.49. The molecule has 2 rings (SSSR count). The zero-order valence-electron chi connectivity index (χ0n) is 18.6. The lowest BCUT2D eigenvalue weighted by Crippen LogP contribution is -2.45. The Balaban J connectivity index is 1.76. The summed E-state index contributed by atoms with van der Waals surface area (Å²) in [5.74, 6) is 1.44. The second-order valence-electron chi connectivity index (χ2n) is 8.94. The molecule has 7 nitrogen and oxygen atoms in total. The van der Waals surface area contributed by atoms with Crippen LogP contribution in [-0.2, 0) is 4.74 Å². The molecule has 7 heteroatoms. The molecule has 1 unspecified atom stereocenters. The van der Waals surface area contributed by atoms with E-state index in [0.29, 0.717) is 12.0 Å². The third-order valence-corrected chi connectivity index (χ3v) is 5.53. The quantitative estimate of drug-likeness (QED) is 0.535. The zero-order valence-corrected chi connectivity index (χ0v) is 18.6. The lowest BCUT2D eigenvalue weighted by molar-refractivity contribution is 0.0187. The largest absolute Gasteiger partial charge is 0.444 e. The van der Waals surface area contributed by atoms with Crippen LogP contribution in [-0.4, -0.2) is 79.3 Å². The van der Waals surface area contributed by atoms with E-state index in [4.69, 9.17) is 9.73 Å². The Kier molecular flexibility index (Phi) is 8.86. The van der Waals surface area contributed by atoms with E-state index in [2.05, 4.69) is 29.4 Å². The molecule has 0 aliphatic carbocycles. The van der Waals surface area contributed by atoms with Gasteiger partial charge < -0.3 is 20.3 Å². The molecule has 2 aliphatic heterocycles. The Labute approximate surface area is 171 Å². The van der Waals surface area contributed by atoms with Crippen LogP contribution in [0, 0.1) is 5.92 Å². The number of likely N-dealkylation sites (tertiary alicyclic amines) is 2. The molecule has 2 heterocycles. The predicted octanol–water partition coefficient (Wildman–Crippen LogP) is 2.67. The maximum Gasteiger partial charge on any atom is 0.410 e. The number of hydrogen-bond acceptors (Lipinski definition) is 4. The fraction of sp³-hybridized carbons (Fsp3) is 0.905. The summed E-state index contributed by atoms with van der Waals surface area (Å²) in [6.07, 6.45) is 4.33. The molecular weight excluding hydrogens is 354 g/mol. The Hall–Kier alpha value is -1.50. The summed E-state index contributed by atoms with van der Waals surface area (Å²) in [6, 6.07) is 0.617. The fourth-order valence-corrected chi connectivity index (χ4v) is 3.94. The Morgan fingerprint density at radius 1 is 1.11 bits per heavy atom. The average Bonchev–Trinajstić information content (AvgIpc) is 3.10. The molecular formula is C21H41N5O2. The Morgan fingerprint density at radius 3 is 2.43 bits per heavy atom. The monoisotopic (exact) mass is 395 g/mol. The van der Waals surface area contributed by atoms with Crippen LogP contribution in [0.25, 0.3) is 0 Å². The molecule has 0 bridgehead atoms. The van der Waals surface area contributed by atoms with E-state index in [-0.39, 0.29) is 6.09 Å². The lowest BCUT2D eigenvalue weighted by atomic mass is 9.97. The van der Waals surface area contributed by atoms with E-state index in [0.717, 1.165) is 58.1 Å². The van der Waals surface area contributed by atoms with Crippen LogP contribution in [0.1, 0.15) is 60.3 Å². The predicted molar refractivity (Wildman–Crippen MR) is 115 cm³/mol. The minimum absolute atomic E-state index is 0.193. The summed E-state index contributed by atoms with van der Waals surface area (Å²) < 4.78 is 5.48. The molecule has 28 heavy (non-hydrogen) atoms. The molecule has 0 saturated carbocycles. The van der Waals surface area contributed by atoms with E-state index in [1.165, 1.54) is 19.4 Å². The van der Waals surface area contributed by atoms with Crippen LogP contribution in [0.5, 0.6) is 0 Å². The normalized spacial score (nSPS) is 22.4. The molecule has 2 N–H and O–H groups in total. The van der Waals surface area contributed by atoms with Gasteiger partial charge in [-0.15, -0.1) is 0 Å². The average molecular weight is 396 g/mol. The summed E-state index contributed by atoms with van der Waals surface area (Å²) in [5, 5.41) is 6.90. The van der Waals surface area contributed by atoms with Crippen LogP contribution < -0.4 is 10.6 Å². The van der Waals surface area contributed by atoms with Gasteiger partial charge >= 0.3 is 6.09 Å². The van der Waals surface area contributed by atoms with Crippen molar-refractivity contribution in [3.63, 3.8) is 0 Å². The number of nitrogens with zero attached hydrogens (tertiary/aromatic N) is 3. The van der Waals surface area contributed by atoms with E-state index in [1.807, 2.05) is 25.7 Å². The second-order valence-corrected chi connectivity index (χ2v) is 8.94. The molecule has 0 radical (unpaired) electrons. The third-order valence-electron chi connectivity index (χ3n) is 5.53. The Bertz CT molecular complexity index is 509. The number of carbonyl (C=O) groups excluding carboxylic acids is 1. The smallest absolute Gasteiger partial charge is 0.410 e. The molecule has 1 atom stereocenters. The minimum Gasteiger partial charge on any atom is -0.444 e. The molecule has 2 aliphatic rings. The fourth-order valence-electron chi connectivity index (χ4n) is 3.94. The molecule has 2 saturated heterocycles. The van der Waals surface area contributed by atoms with E-state index in [9.17, 15) is 4.79 Å². The molecule has 0 aromatic carbocycles. The highest BCUT2D eigenvalue weighted by atomic mass is 16.6. The summed E-state index contributed by atoms with van der Waals surface area (Å²) in [4.78, 5) is 21.4. The number of likely N-dealkylation sites (N-methyl/N-ethyl adjacent to an activating group) is 1. The number of guanidine groups is 1. The van der Waals surface area contributed by atoms with E-state index >= 15 is 0 Å². The maximum atomic E-state index is 12.2. The number of nitrogens with one attached hydrogen (secondary N) is 2. The first-order valence-electron chi connectivity index (χ1n) is 11.1. The summed E-state index contributed by atoms with van der Waals surface area (Å²) >= 11 is 0. The minimum atomic E-state index is -0.433. The maximum absolute atomic E-state index is 12.2. The van der Waals surface area contributed by atoms with Crippen LogP contribution in [0.15, 0.2) is 4.99 Å². The van der Waals surface area contributed by atoms with Crippen LogP contribution in [0.3, 0.4) is 0 Å². The van der Waals surface area contributed by atoms with Gasteiger partial charge in [-0.2, -0.15) is 0 Å². The first-order valence-corrected chi connectivity index (χ1v) is 11.1. The summed E-state index contributed by atoms with van der Waals surface area (Å²) in [7, 11) is 0. The molecule has 0 aromatic heterocycles. The zero-order chi connectivity index (χ0) is 20.6. The first-order chi connectivity index (χ1) is 13.3. The van der Waals surface area contributed by atoms with Crippen LogP contribution in [0.2, 0.25) is 0 Å². The van der Waals surface area contributed by atoms with Crippen molar-refractivity contribution < 1.29 is 9.53 Å². The molecule has 1 amide bonds. The van der Waals surface area contributed by atoms with Gasteiger partial charge in [0.2, 0.25) is 0 Å². The number of hydrogen-bond donors (Lipinski definition) is 2. The number of piperidine rings is 1. The van der Waals surface area contributed by atoms with E-state index < -0.39 is 5.60 Å². The number of ether oxygens (including phenoxy) is 1. The summed E-state index contributed by atoms with van der Waals surface area (Å²) in [5.41, 5.74) is -0.433. The van der Waals surface area contributed by atoms with Gasteiger partial charge in [0.25, 0.3) is 0 Å². The van der Waals surface area contributed by atoms with Gasteiger partial charge in [0.1, 0.15) is 5.60 Å². The van der Waals surface area contributed by atoms with Crippen molar-refractivity contribution in [2.24, 2.45) is 10.9 Å². The number of amides is 1. The summed E-state index contributed by atoms with van der Waals surface area (Å²) in [6.45, 7) is 16.5. The van der Waals surface area contributed by atoms with Crippen molar-refractivity contribution >= 4 is 12.1 Å². The molecule has 162 valence electrons.